The minimum atomic E-state index is -1.07. The van der Waals surface area contributed by atoms with Crippen LogP contribution in [0.4, 0.5) is 9.18 Å². The Morgan fingerprint density at radius 1 is 1.25 bits per heavy atom. The van der Waals surface area contributed by atoms with Gasteiger partial charge in [0.1, 0.15) is 11.4 Å². The zero-order valence-electron chi connectivity index (χ0n) is 11.9. The molecule has 20 heavy (non-hydrogen) atoms. The van der Waals surface area contributed by atoms with E-state index in [1.807, 2.05) is 20.8 Å². The molecule has 1 N–H and O–H groups in total. The molecule has 1 saturated heterocycles. The van der Waals surface area contributed by atoms with Crippen LogP contribution < -0.4 is 5.32 Å². The number of hydrogen-bond donors (Lipinski definition) is 1. The molecule has 5 heteroatoms. The number of rotatable bonds is 4. The average molecular weight is 278 g/mol. The number of imide groups is 1. The van der Waals surface area contributed by atoms with Gasteiger partial charge >= 0.3 is 6.03 Å². The minimum absolute atomic E-state index is 0.200. The average Bonchev–Trinajstić information content (AvgIpc) is 2.64. The number of halogens is 1. The quantitative estimate of drug-likeness (QED) is 0.861. The highest BCUT2D eigenvalue weighted by Crippen LogP contribution is 2.32. The number of benzene rings is 1. The van der Waals surface area contributed by atoms with Crippen molar-refractivity contribution in [2.45, 2.75) is 32.7 Å². The van der Waals surface area contributed by atoms with Crippen LogP contribution in [0.1, 0.15) is 32.8 Å². The highest BCUT2D eigenvalue weighted by Gasteiger charge is 2.51. The van der Waals surface area contributed by atoms with Crippen LogP contribution in [0.25, 0.3) is 0 Å². The van der Waals surface area contributed by atoms with Crippen molar-refractivity contribution in [2.75, 3.05) is 6.54 Å². The summed E-state index contributed by atoms with van der Waals surface area (Å²) in [6.45, 7) is 6.11. The van der Waals surface area contributed by atoms with E-state index in [2.05, 4.69) is 5.32 Å². The molecule has 0 aromatic heterocycles. The molecule has 0 radical (unpaired) electrons. The molecule has 1 aliphatic rings. The smallest absolute Gasteiger partial charge is 0.319 e. The molecule has 3 amide bonds. The normalized spacial score (nSPS) is 22.6. The van der Waals surface area contributed by atoms with Gasteiger partial charge in [0.05, 0.1) is 0 Å². The lowest BCUT2D eigenvalue weighted by molar-refractivity contribution is -0.132. The van der Waals surface area contributed by atoms with E-state index in [0.717, 1.165) is 0 Å². The molecule has 108 valence electrons. The van der Waals surface area contributed by atoms with Gasteiger partial charge in [0, 0.05) is 6.54 Å². The second kappa shape index (κ2) is 5.23. The second-order valence-electron chi connectivity index (χ2n) is 5.51. The summed E-state index contributed by atoms with van der Waals surface area (Å²) in [5.74, 6) is -0.424. The molecule has 1 heterocycles. The fourth-order valence-corrected chi connectivity index (χ4v) is 2.53. The molecular formula is C15H19FN2O2. The number of hydrogen-bond acceptors (Lipinski definition) is 2. The highest BCUT2D eigenvalue weighted by atomic mass is 19.1. The van der Waals surface area contributed by atoms with Crippen molar-refractivity contribution >= 4 is 11.9 Å². The maximum atomic E-state index is 13.0. The van der Waals surface area contributed by atoms with Gasteiger partial charge in [-0.15, -0.1) is 0 Å². The molecule has 0 saturated carbocycles. The summed E-state index contributed by atoms with van der Waals surface area (Å²) in [7, 11) is 0. The van der Waals surface area contributed by atoms with E-state index in [-0.39, 0.29) is 23.7 Å². The summed E-state index contributed by atoms with van der Waals surface area (Å²) >= 11 is 0. The molecule has 1 fully saturated rings. The van der Waals surface area contributed by atoms with Crippen molar-refractivity contribution in [1.82, 2.24) is 10.2 Å². The number of nitrogens with zero attached hydrogens (tertiary/aromatic N) is 1. The molecule has 0 unspecified atom stereocenters. The molecule has 1 aromatic rings. The zero-order valence-corrected chi connectivity index (χ0v) is 11.9. The first-order valence-corrected chi connectivity index (χ1v) is 6.81. The van der Waals surface area contributed by atoms with Crippen molar-refractivity contribution < 1.29 is 14.0 Å². The molecule has 2 rings (SSSR count). The van der Waals surface area contributed by atoms with Crippen LogP contribution in [0, 0.1) is 11.7 Å². The molecule has 1 aliphatic heterocycles. The van der Waals surface area contributed by atoms with Gasteiger partial charge in [-0.1, -0.05) is 32.9 Å². The maximum absolute atomic E-state index is 13.0. The van der Waals surface area contributed by atoms with E-state index >= 15 is 0 Å². The van der Waals surface area contributed by atoms with Crippen LogP contribution in [0.15, 0.2) is 24.3 Å². The van der Waals surface area contributed by atoms with Gasteiger partial charge in [-0.05, 0) is 30.0 Å². The molecule has 0 aliphatic carbocycles. The third kappa shape index (κ3) is 2.28. The monoisotopic (exact) mass is 278 g/mol. The lowest BCUT2D eigenvalue weighted by Crippen LogP contribution is -2.43. The Bertz CT molecular complexity index is 527. The molecule has 0 bridgehead atoms. The predicted octanol–water partition coefficient (Wildman–Crippen LogP) is 2.64. The van der Waals surface area contributed by atoms with Crippen molar-refractivity contribution in [3.05, 3.63) is 35.6 Å². The second-order valence-corrected chi connectivity index (χ2v) is 5.51. The fourth-order valence-electron chi connectivity index (χ4n) is 2.53. The van der Waals surface area contributed by atoms with Gasteiger partial charge in [-0.25, -0.2) is 9.18 Å². The summed E-state index contributed by atoms with van der Waals surface area (Å²) in [5.41, 5.74) is -0.453. The number of amides is 3. The highest BCUT2D eigenvalue weighted by molar-refractivity contribution is 6.07. The van der Waals surface area contributed by atoms with Gasteiger partial charge < -0.3 is 5.32 Å². The molecular weight excluding hydrogens is 259 g/mol. The van der Waals surface area contributed by atoms with Crippen molar-refractivity contribution in [3.63, 3.8) is 0 Å². The Morgan fingerprint density at radius 2 is 1.85 bits per heavy atom. The summed E-state index contributed by atoms with van der Waals surface area (Å²) in [5, 5.41) is 2.77. The topological polar surface area (TPSA) is 49.4 Å². The van der Waals surface area contributed by atoms with Crippen molar-refractivity contribution in [1.29, 1.82) is 0 Å². The van der Waals surface area contributed by atoms with Crippen LogP contribution in [0.2, 0.25) is 0 Å². The van der Waals surface area contributed by atoms with Gasteiger partial charge in [0.2, 0.25) is 0 Å². The third-order valence-electron chi connectivity index (χ3n) is 3.59. The standard InChI is InChI=1S/C15H19FN2O2/c1-4-15(11-5-7-12(16)8-6-11)13(19)18(9-10(2)3)14(20)17-15/h5-8,10H,4,9H2,1-3H3,(H,17,20)/t15-/m0/s1. The predicted molar refractivity (Wildman–Crippen MR) is 73.5 cm³/mol. The van der Waals surface area contributed by atoms with E-state index in [4.69, 9.17) is 0 Å². The van der Waals surface area contributed by atoms with Crippen LogP contribution in [0.3, 0.4) is 0 Å². The molecule has 4 nitrogen and oxygen atoms in total. The number of nitrogens with one attached hydrogen (secondary N) is 1. The van der Waals surface area contributed by atoms with Gasteiger partial charge in [-0.3, -0.25) is 9.69 Å². The number of carbonyl (C=O) groups is 2. The van der Waals surface area contributed by atoms with Crippen LogP contribution in [-0.4, -0.2) is 23.4 Å². The van der Waals surface area contributed by atoms with E-state index in [1.165, 1.54) is 17.0 Å². The summed E-state index contributed by atoms with van der Waals surface area (Å²) in [6.07, 6.45) is 0.428. The summed E-state index contributed by atoms with van der Waals surface area (Å²) < 4.78 is 13.0. The molecule has 1 atom stereocenters. The minimum Gasteiger partial charge on any atom is -0.319 e. The van der Waals surface area contributed by atoms with Crippen LogP contribution in [0.5, 0.6) is 0 Å². The number of carbonyl (C=O) groups excluding carboxylic acids is 2. The van der Waals surface area contributed by atoms with Crippen molar-refractivity contribution in [2.24, 2.45) is 5.92 Å². The first kappa shape index (κ1) is 14.5. The van der Waals surface area contributed by atoms with Gasteiger partial charge in [-0.2, -0.15) is 0 Å². The Balaban J connectivity index is 2.39. The summed E-state index contributed by atoms with van der Waals surface area (Å²) in [6, 6.07) is 5.33. The van der Waals surface area contributed by atoms with E-state index < -0.39 is 5.54 Å². The first-order chi connectivity index (χ1) is 9.40. The van der Waals surface area contributed by atoms with E-state index in [0.29, 0.717) is 18.5 Å². The Morgan fingerprint density at radius 3 is 2.35 bits per heavy atom. The lowest BCUT2D eigenvalue weighted by atomic mass is 9.87. The largest absolute Gasteiger partial charge is 0.325 e. The third-order valence-corrected chi connectivity index (χ3v) is 3.59. The zero-order chi connectivity index (χ0) is 14.9. The molecule has 1 aromatic carbocycles. The van der Waals surface area contributed by atoms with Crippen LogP contribution >= 0.6 is 0 Å². The van der Waals surface area contributed by atoms with Crippen molar-refractivity contribution in [3.8, 4) is 0 Å². The van der Waals surface area contributed by atoms with Crippen LogP contribution in [-0.2, 0) is 10.3 Å². The maximum Gasteiger partial charge on any atom is 0.325 e. The first-order valence-electron chi connectivity index (χ1n) is 6.81. The SMILES string of the molecule is CC[C@@]1(c2ccc(F)cc2)NC(=O)N(CC(C)C)C1=O. The number of urea groups is 1. The van der Waals surface area contributed by atoms with Gasteiger partial charge in [0.25, 0.3) is 5.91 Å². The van der Waals surface area contributed by atoms with E-state index in [9.17, 15) is 14.0 Å². The fraction of sp³-hybridized carbons (Fsp3) is 0.467. The molecule has 0 spiro atoms. The Hall–Kier alpha value is -1.91. The Kier molecular flexibility index (Phi) is 3.79. The van der Waals surface area contributed by atoms with E-state index in [1.54, 1.807) is 12.1 Å². The van der Waals surface area contributed by atoms with Gasteiger partial charge in [0.15, 0.2) is 0 Å². The lowest BCUT2D eigenvalue weighted by Gasteiger charge is -2.26. The Labute approximate surface area is 118 Å². The summed E-state index contributed by atoms with van der Waals surface area (Å²) in [4.78, 5) is 25.9.